The summed E-state index contributed by atoms with van der Waals surface area (Å²) in [7, 11) is 3.98. The van der Waals surface area contributed by atoms with Gasteiger partial charge in [0.15, 0.2) is 5.82 Å². The van der Waals surface area contributed by atoms with Gasteiger partial charge in [-0.15, -0.1) is 0 Å². The fourth-order valence-electron chi connectivity index (χ4n) is 4.63. The van der Waals surface area contributed by atoms with Crippen LogP contribution in [0.2, 0.25) is 0 Å². The van der Waals surface area contributed by atoms with Crippen LogP contribution < -0.4 is 37.6 Å². The fraction of sp³-hybridized carbons (Fsp3) is 0.696. The molecule has 0 aliphatic carbocycles. The molecule has 0 spiro atoms. The lowest BCUT2D eigenvalue weighted by Crippen LogP contribution is -2.64. The first-order chi connectivity index (χ1) is 17.2. The number of hydrogen-bond acceptors (Lipinski definition) is 9. The summed E-state index contributed by atoms with van der Waals surface area (Å²) in [5, 5.41) is 11.5. The maximum absolute atomic E-state index is 14.9. The summed E-state index contributed by atoms with van der Waals surface area (Å²) in [6.45, 7) is 2.55. The maximum Gasteiger partial charge on any atom is 0.233 e. The van der Waals surface area contributed by atoms with Crippen LogP contribution in [0.25, 0.3) is 0 Å². The number of piperidine rings is 1. The zero-order valence-electron chi connectivity index (χ0n) is 21.0. The van der Waals surface area contributed by atoms with Gasteiger partial charge in [0.05, 0.1) is 36.3 Å². The standard InChI is InChI=1S/C23H39F2N9O2/c1-33(2)7-3-6-29-22(35)14-4-8-34(9-5-14)19-16(25)12-28-13-17(19)32-23(36)18(20(26)27)21-30-10-15(24)11-31-21/h12-15,18,20-21,30-31H,3-11,26-27H2,1-2H3,(H,29,35)(H,32,36). The molecule has 202 valence electrons. The van der Waals surface area contributed by atoms with E-state index in [4.69, 9.17) is 11.5 Å². The molecule has 3 rings (SSSR count). The third kappa shape index (κ3) is 7.53. The number of anilines is 2. The molecule has 1 aromatic rings. The van der Waals surface area contributed by atoms with Crippen LogP contribution in [0.4, 0.5) is 20.2 Å². The first-order valence-electron chi connectivity index (χ1n) is 12.4. The number of halogens is 2. The van der Waals surface area contributed by atoms with E-state index < -0.39 is 36.1 Å². The number of alkyl halides is 1. The second kappa shape index (κ2) is 13.2. The van der Waals surface area contributed by atoms with Crippen molar-refractivity contribution in [3.63, 3.8) is 0 Å². The van der Waals surface area contributed by atoms with Crippen molar-refractivity contribution in [3.8, 4) is 0 Å². The number of aromatic nitrogens is 1. The molecule has 1 aromatic heterocycles. The van der Waals surface area contributed by atoms with E-state index in [2.05, 4.69) is 31.2 Å². The summed E-state index contributed by atoms with van der Waals surface area (Å²) in [5.41, 5.74) is 12.1. The predicted octanol–water partition coefficient (Wildman–Crippen LogP) is -0.840. The van der Waals surface area contributed by atoms with Crippen LogP contribution in [0.3, 0.4) is 0 Å². The van der Waals surface area contributed by atoms with Crippen molar-refractivity contribution in [2.75, 3.05) is 63.6 Å². The van der Waals surface area contributed by atoms with E-state index in [9.17, 15) is 18.4 Å². The van der Waals surface area contributed by atoms with Gasteiger partial charge >= 0.3 is 0 Å². The topological polar surface area (TPSA) is 154 Å². The summed E-state index contributed by atoms with van der Waals surface area (Å²) < 4.78 is 28.4. The van der Waals surface area contributed by atoms with Crippen LogP contribution in [0.1, 0.15) is 19.3 Å². The van der Waals surface area contributed by atoms with Gasteiger partial charge in [0.25, 0.3) is 0 Å². The predicted molar refractivity (Wildman–Crippen MR) is 134 cm³/mol. The Bertz CT molecular complexity index is 873. The van der Waals surface area contributed by atoms with E-state index in [1.54, 1.807) is 0 Å². The molecule has 3 heterocycles. The summed E-state index contributed by atoms with van der Waals surface area (Å²) in [4.78, 5) is 33.4. The molecule has 2 aliphatic heterocycles. The molecular formula is C23H39F2N9O2. The Labute approximate surface area is 210 Å². The lowest BCUT2D eigenvalue weighted by atomic mass is 9.95. The van der Waals surface area contributed by atoms with E-state index in [1.165, 1.54) is 6.20 Å². The number of carbonyl (C=O) groups is 2. The molecule has 1 atom stereocenters. The van der Waals surface area contributed by atoms with E-state index >= 15 is 0 Å². The molecule has 0 aromatic carbocycles. The van der Waals surface area contributed by atoms with E-state index in [0.29, 0.717) is 32.5 Å². The van der Waals surface area contributed by atoms with Gasteiger partial charge in [0.2, 0.25) is 11.8 Å². The number of amides is 2. The summed E-state index contributed by atoms with van der Waals surface area (Å²) in [5.74, 6) is -2.18. The van der Waals surface area contributed by atoms with Gasteiger partial charge in [-0.2, -0.15) is 0 Å². The Morgan fingerprint density at radius 2 is 1.89 bits per heavy atom. The van der Waals surface area contributed by atoms with E-state index in [-0.39, 0.29) is 36.3 Å². The molecule has 2 fully saturated rings. The van der Waals surface area contributed by atoms with Crippen molar-refractivity contribution in [2.24, 2.45) is 23.3 Å². The molecule has 13 heteroatoms. The molecule has 36 heavy (non-hydrogen) atoms. The van der Waals surface area contributed by atoms with Gasteiger partial charge in [0, 0.05) is 38.6 Å². The molecule has 1 unspecified atom stereocenters. The number of pyridine rings is 1. The lowest BCUT2D eigenvalue weighted by Gasteiger charge is -2.36. The van der Waals surface area contributed by atoms with Gasteiger partial charge in [-0.25, -0.2) is 8.78 Å². The normalized spacial score (nSPS) is 22.1. The number of nitrogens with one attached hydrogen (secondary N) is 4. The Balaban J connectivity index is 1.62. The Hall–Kier alpha value is -2.45. The van der Waals surface area contributed by atoms with Crippen molar-refractivity contribution in [2.45, 2.75) is 37.8 Å². The highest BCUT2D eigenvalue weighted by Gasteiger charge is 2.36. The van der Waals surface area contributed by atoms with Crippen molar-refractivity contribution in [1.82, 2.24) is 25.8 Å². The number of rotatable bonds is 10. The molecule has 0 bridgehead atoms. The van der Waals surface area contributed by atoms with Crippen molar-refractivity contribution >= 4 is 23.2 Å². The average Bonchev–Trinajstić information content (AvgIpc) is 2.83. The van der Waals surface area contributed by atoms with E-state index in [1.807, 2.05) is 19.0 Å². The van der Waals surface area contributed by atoms with Crippen LogP contribution in [0, 0.1) is 17.7 Å². The lowest BCUT2D eigenvalue weighted by molar-refractivity contribution is -0.125. The highest BCUT2D eigenvalue weighted by Crippen LogP contribution is 2.32. The highest BCUT2D eigenvalue weighted by molar-refractivity contribution is 5.96. The third-order valence-electron chi connectivity index (χ3n) is 6.59. The van der Waals surface area contributed by atoms with Crippen LogP contribution in [-0.4, -0.2) is 93.6 Å². The van der Waals surface area contributed by atoms with Gasteiger partial charge in [0.1, 0.15) is 11.9 Å². The Kier molecular flexibility index (Phi) is 10.3. The van der Waals surface area contributed by atoms with Crippen LogP contribution in [0.5, 0.6) is 0 Å². The number of nitrogens with two attached hydrogens (primary N) is 2. The van der Waals surface area contributed by atoms with Gasteiger partial charge in [-0.1, -0.05) is 0 Å². The van der Waals surface area contributed by atoms with Crippen LogP contribution in [0.15, 0.2) is 12.4 Å². The van der Waals surface area contributed by atoms with Crippen molar-refractivity contribution in [1.29, 1.82) is 0 Å². The number of carbonyl (C=O) groups excluding carboxylic acids is 2. The van der Waals surface area contributed by atoms with Crippen LogP contribution in [-0.2, 0) is 9.59 Å². The first-order valence-corrected chi connectivity index (χ1v) is 12.4. The first kappa shape index (κ1) is 28.1. The maximum atomic E-state index is 14.9. The Morgan fingerprint density at radius 1 is 1.22 bits per heavy atom. The molecule has 2 saturated heterocycles. The second-order valence-corrected chi connectivity index (χ2v) is 9.71. The zero-order valence-corrected chi connectivity index (χ0v) is 21.0. The Morgan fingerprint density at radius 3 is 2.50 bits per heavy atom. The summed E-state index contributed by atoms with van der Waals surface area (Å²) in [6, 6.07) is 0. The van der Waals surface area contributed by atoms with Gasteiger partial charge in [-0.3, -0.25) is 25.2 Å². The quantitative estimate of drug-likeness (QED) is 0.174. The minimum absolute atomic E-state index is 0.0138. The largest absolute Gasteiger partial charge is 0.367 e. The van der Waals surface area contributed by atoms with Crippen molar-refractivity contribution in [3.05, 3.63) is 18.2 Å². The average molecular weight is 512 g/mol. The SMILES string of the molecule is CN(C)CCCNC(=O)C1CCN(c2c(F)cncc2NC(=O)C(C(N)N)C2NCC(F)CN2)CC1. The van der Waals surface area contributed by atoms with Gasteiger partial charge < -0.3 is 31.9 Å². The minimum Gasteiger partial charge on any atom is -0.367 e. The van der Waals surface area contributed by atoms with Crippen molar-refractivity contribution < 1.29 is 18.4 Å². The second-order valence-electron chi connectivity index (χ2n) is 9.71. The van der Waals surface area contributed by atoms with Gasteiger partial charge in [-0.05, 0) is 39.9 Å². The molecule has 2 aliphatic rings. The molecule has 0 saturated carbocycles. The zero-order chi connectivity index (χ0) is 26.2. The monoisotopic (exact) mass is 511 g/mol. The summed E-state index contributed by atoms with van der Waals surface area (Å²) >= 11 is 0. The number of hydrogen-bond donors (Lipinski definition) is 6. The smallest absolute Gasteiger partial charge is 0.233 e. The molecule has 11 nitrogen and oxygen atoms in total. The molecule has 2 amide bonds. The fourth-order valence-corrected chi connectivity index (χ4v) is 4.63. The number of nitrogens with zero attached hydrogens (tertiary/aromatic N) is 3. The minimum atomic E-state index is -1.08. The van der Waals surface area contributed by atoms with Crippen LogP contribution >= 0.6 is 0 Å². The van der Waals surface area contributed by atoms with E-state index in [0.717, 1.165) is 19.2 Å². The summed E-state index contributed by atoms with van der Waals surface area (Å²) in [6.07, 6.45) is 1.70. The molecule has 8 N–H and O–H groups in total. The molecular weight excluding hydrogens is 472 g/mol. The molecule has 0 radical (unpaired) electrons. The third-order valence-corrected chi connectivity index (χ3v) is 6.59. The highest BCUT2D eigenvalue weighted by atomic mass is 19.1.